The molecule has 0 rings (SSSR count). The van der Waals surface area contributed by atoms with Crippen LogP contribution >= 0.6 is 0 Å². The van der Waals surface area contributed by atoms with Gasteiger partial charge in [0.15, 0.2) is 6.10 Å². The molecule has 0 spiro atoms. The molecule has 0 aromatic rings. The zero-order valence-electron chi connectivity index (χ0n) is 42.3. The summed E-state index contributed by atoms with van der Waals surface area (Å²) in [5.74, 6) is -0.907. The summed E-state index contributed by atoms with van der Waals surface area (Å²) in [4.78, 5) is 38.0. The van der Waals surface area contributed by atoms with Crippen LogP contribution in [0.25, 0.3) is 0 Å². The third-order valence-corrected chi connectivity index (χ3v) is 11.7. The second kappa shape index (κ2) is 52.7. The van der Waals surface area contributed by atoms with Gasteiger partial charge in [-0.25, -0.2) is 0 Å². The molecule has 1 atom stereocenters. The van der Waals surface area contributed by atoms with Gasteiger partial charge in [0.2, 0.25) is 0 Å². The van der Waals surface area contributed by atoms with Gasteiger partial charge in [-0.05, 0) is 89.9 Å². The van der Waals surface area contributed by atoms with Crippen molar-refractivity contribution in [2.45, 2.75) is 277 Å². The molecule has 6 heteroatoms. The number of esters is 3. The van der Waals surface area contributed by atoms with Crippen molar-refractivity contribution in [1.29, 1.82) is 0 Å². The van der Waals surface area contributed by atoms with Gasteiger partial charge >= 0.3 is 17.9 Å². The van der Waals surface area contributed by atoms with Crippen LogP contribution in [0, 0.1) is 0 Å². The summed E-state index contributed by atoms with van der Waals surface area (Å²) in [7, 11) is 0. The average molecular weight is 895 g/mol. The fourth-order valence-corrected chi connectivity index (χ4v) is 7.60. The van der Waals surface area contributed by atoms with Crippen molar-refractivity contribution in [2.75, 3.05) is 13.2 Å². The van der Waals surface area contributed by atoms with Gasteiger partial charge in [-0.3, -0.25) is 14.4 Å². The first-order valence-electron chi connectivity index (χ1n) is 27.3. The molecule has 0 aliphatic heterocycles. The van der Waals surface area contributed by atoms with Gasteiger partial charge in [-0.15, -0.1) is 0 Å². The number of hydrogen-bond acceptors (Lipinski definition) is 6. The highest BCUT2D eigenvalue weighted by molar-refractivity contribution is 5.71. The molecule has 6 nitrogen and oxygen atoms in total. The lowest BCUT2D eigenvalue weighted by atomic mass is 10.1. The van der Waals surface area contributed by atoms with E-state index in [4.69, 9.17) is 14.2 Å². The number of ether oxygens (including phenoxy) is 3. The SMILES string of the molecule is CCCCCC/C=C\C/C=C\CCCCCCCC(=O)OC(COC(=O)CCCCCCCC/C=C\C/C=C\C/C=C\CCCCCCC)COC(=O)CCCCCCCCCCC. The summed E-state index contributed by atoms with van der Waals surface area (Å²) in [6.07, 6.45) is 64.9. The topological polar surface area (TPSA) is 78.9 Å². The normalized spacial score (nSPS) is 12.5. The Morgan fingerprint density at radius 1 is 0.312 bits per heavy atom. The molecule has 0 radical (unpaired) electrons. The number of rotatable bonds is 49. The van der Waals surface area contributed by atoms with E-state index in [0.717, 1.165) is 103 Å². The summed E-state index contributed by atoms with van der Waals surface area (Å²) in [5, 5.41) is 0. The minimum Gasteiger partial charge on any atom is -0.462 e. The molecule has 0 bridgehead atoms. The second-order valence-corrected chi connectivity index (χ2v) is 18.1. The van der Waals surface area contributed by atoms with Crippen LogP contribution in [-0.4, -0.2) is 37.2 Å². The summed E-state index contributed by atoms with van der Waals surface area (Å²) in [5.41, 5.74) is 0. The van der Waals surface area contributed by atoms with Crippen LogP contribution < -0.4 is 0 Å². The maximum atomic E-state index is 12.8. The molecule has 370 valence electrons. The van der Waals surface area contributed by atoms with Crippen LogP contribution in [0.4, 0.5) is 0 Å². The van der Waals surface area contributed by atoms with Crippen molar-refractivity contribution in [3.8, 4) is 0 Å². The lowest BCUT2D eigenvalue weighted by Crippen LogP contribution is -2.30. The first-order valence-corrected chi connectivity index (χ1v) is 27.3. The molecule has 0 aromatic carbocycles. The highest BCUT2D eigenvalue weighted by atomic mass is 16.6. The monoisotopic (exact) mass is 895 g/mol. The van der Waals surface area contributed by atoms with Gasteiger partial charge < -0.3 is 14.2 Å². The van der Waals surface area contributed by atoms with Gasteiger partial charge in [0.25, 0.3) is 0 Å². The van der Waals surface area contributed by atoms with Crippen molar-refractivity contribution in [2.24, 2.45) is 0 Å². The Bertz CT molecular complexity index is 1170. The predicted molar refractivity (Wildman–Crippen MR) is 275 cm³/mol. The molecule has 0 saturated carbocycles. The molecule has 0 saturated heterocycles. The molecular weight excluding hydrogens is 793 g/mol. The smallest absolute Gasteiger partial charge is 0.306 e. The third-order valence-electron chi connectivity index (χ3n) is 11.7. The highest BCUT2D eigenvalue weighted by Crippen LogP contribution is 2.14. The van der Waals surface area contributed by atoms with Crippen molar-refractivity contribution < 1.29 is 28.6 Å². The molecule has 0 N–H and O–H groups in total. The standard InChI is InChI=1S/C58H102O6/c1-4-7-10-13-16-19-21-23-25-27-28-29-30-31-33-34-36-39-42-45-48-51-57(60)63-54-55(53-62-56(59)50-47-44-41-38-18-15-12-9-6-3)64-58(61)52-49-46-43-40-37-35-32-26-24-22-20-17-14-11-8-5-2/h20-23,26-28,30-32,55H,4-19,24-25,29,33-54H2,1-3H3/b22-20-,23-21-,28-27-,31-30-,32-26-. The fraction of sp³-hybridized carbons (Fsp3) is 0.776. The van der Waals surface area contributed by atoms with E-state index in [2.05, 4.69) is 81.5 Å². The van der Waals surface area contributed by atoms with E-state index in [1.54, 1.807) is 0 Å². The van der Waals surface area contributed by atoms with E-state index in [9.17, 15) is 14.4 Å². The Morgan fingerprint density at radius 2 is 0.562 bits per heavy atom. The number of hydrogen-bond donors (Lipinski definition) is 0. The average Bonchev–Trinajstić information content (AvgIpc) is 3.29. The molecule has 0 aliphatic carbocycles. The Kier molecular flexibility index (Phi) is 50.4. The fourth-order valence-electron chi connectivity index (χ4n) is 7.60. The van der Waals surface area contributed by atoms with Gasteiger partial charge in [0.05, 0.1) is 0 Å². The molecule has 1 unspecified atom stereocenters. The molecular formula is C58H102O6. The van der Waals surface area contributed by atoms with E-state index in [-0.39, 0.29) is 31.1 Å². The largest absolute Gasteiger partial charge is 0.462 e. The van der Waals surface area contributed by atoms with E-state index >= 15 is 0 Å². The molecule has 0 heterocycles. The van der Waals surface area contributed by atoms with Crippen molar-refractivity contribution in [1.82, 2.24) is 0 Å². The number of unbranched alkanes of at least 4 members (excludes halogenated alkanes) is 28. The Morgan fingerprint density at radius 3 is 0.891 bits per heavy atom. The van der Waals surface area contributed by atoms with Crippen molar-refractivity contribution >= 4 is 17.9 Å². The predicted octanol–water partition coefficient (Wildman–Crippen LogP) is 18.0. The van der Waals surface area contributed by atoms with Gasteiger partial charge in [0, 0.05) is 19.3 Å². The third kappa shape index (κ3) is 50.1. The van der Waals surface area contributed by atoms with Crippen LogP contribution in [-0.2, 0) is 28.6 Å². The van der Waals surface area contributed by atoms with Crippen LogP contribution in [0.2, 0.25) is 0 Å². The summed E-state index contributed by atoms with van der Waals surface area (Å²) >= 11 is 0. The number of allylic oxidation sites excluding steroid dienone is 10. The summed E-state index contributed by atoms with van der Waals surface area (Å²) in [6.45, 7) is 6.58. The zero-order valence-corrected chi connectivity index (χ0v) is 42.3. The molecule has 64 heavy (non-hydrogen) atoms. The number of carbonyl (C=O) groups excluding carboxylic acids is 3. The van der Waals surface area contributed by atoms with Crippen LogP contribution in [0.1, 0.15) is 271 Å². The summed E-state index contributed by atoms with van der Waals surface area (Å²) < 4.78 is 16.8. The van der Waals surface area contributed by atoms with Crippen molar-refractivity contribution in [3.05, 3.63) is 60.8 Å². The van der Waals surface area contributed by atoms with Crippen LogP contribution in [0.3, 0.4) is 0 Å². The van der Waals surface area contributed by atoms with E-state index in [1.807, 2.05) is 0 Å². The first-order chi connectivity index (χ1) is 31.5. The van der Waals surface area contributed by atoms with Crippen molar-refractivity contribution in [3.63, 3.8) is 0 Å². The van der Waals surface area contributed by atoms with Gasteiger partial charge in [-0.1, -0.05) is 223 Å². The first kappa shape index (κ1) is 61.1. The van der Waals surface area contributed by atoms with Crippen LogP contribution in [0.5, 0.6) is 0 Å². The molecule has 0 aromatic heterocycles. The zero-order chi connectivity index (χ0) is 46.5. The quantitative estimate of drug-likeness (QED) is 0.0262. The van der Waals surface area contributed by atoms with Gasteiger partial charge in [-0.2, -0.15) is 0 Å². The van der Waals surface area contributed by atoms with Gasteiger partial charge in [0.1, 0.15) is 13.2 Å². The lowest BCUT2D eigenvalue weighted by Gasteiger charge is -2.18. The molecule has 0 amide bonds. The highest BCUT2D eigenvalue weighted by Gasteiger charge is 2.19. The lowest BCUT2D eigenvalue weighted by molar-refractivity contribution is -0.167. The minimum atomic E-state index is -0.784. The number of carbonyl (C=O) groups is 3. The van der Waals surface area contributed by atoms with E-state index in [1.165, 1.54) is 128 Å². The van der Waals surface area contributed by atoms with Crippen LogP contribution in [0.15, 0.2) is 60.8 Å². The maximum absolute atomic E-state index is 12.8. The Hall–Kier alpha value is -2.89. The second-order valence-electron chi connectivity index (χ2n) is 18.1. The summed E-state index contributed by atoms with van der Waals surface area (Å²) in [6, 6.07) is 0. The van der Waals surface area contributed by atoms with E-state index in [0.29, 0.717) is 19.3 Å². The maximum Gasteiger partial charge on any atom is 0.306 e. The van der Waals surface area contributed by atoms with E-state index < -0.39 is 6.10 Å². The minimum absolute atomic E-state index is 0.0829. The molecule has 0 aliphatic rings. The Labute approximate surface area is 396 Å². The molecule has 0 fully saturated rings. The Balaban J connectivity index is 4.33.